The molecule has 0 aliphatic heterocycles. The lowest BCUT2D eigenvalue weighted by atomic mass is 10.1. The summed E-state index contributed by atoms with van der Waals surface area (Å²) in [6, 6.07) is 0. The van der Waals surface area contributed by atoms with Gasteiger partial charge in [-0.25, -0.2) is 0 Å². The van der Waals surface area contributed by atoms with Crippen molar-refractivity contribution in [2.75, 3.05) is 7.11 Å². The van der Waals surface area contributed by atoms with Crippen LogP contribution in [0.2, 0.25) is 0 Å². The van der Waals surface area contributed by atoms with Crippen molar-refractivity contribution in [3.63, 3.8) is 0 Å². The zero-order valence-corrected chi connectivity index (χ0v) is 11.3. The topological polar surface area (TPSA) is 9.23 Å². The van der Waals surface area contributed by atoms with Crippen molar-refractivity contribution >= 4 is 31.9 Å². The normalized spacial score (nSPS) is 10.3. The number of benzene rings is 1. The van der Waals surface area contributed by atoms with E-state index in [-0.39, 0.29) is 0 Å². The third-order valence-electron chi connectivity index (χ3n) is 2.30. The maximum absolute atomic E-state index is 5.34. The molecule has 72 valence electrons. The molecule has 0 amide bonds. The van der Waals surface area contributed by atoms with Gasteiger partial charge in [-0.15, -0.1) is 0 Å². The van der Waals surface area contributed by atoms with Crippen molar-refractivity contribution in [3.05, 3.63) is 25.6 Å². The molecule has 0 aliphatic carbocycles. The Labute approximate surface area is 95.7 Å². The average Bonchev–Trinajstić information content (AvgIpc) is 2.13. The molecule has 0 bridgehead atoms. The van der Waals surface area contributed by atoms with E-state index in [2.05, 4.69) is 45.7 Å². The van der Waals surface area contributed by atoms with Gasteiger partial charge in [0.25, 0.3) is 0 Å². The van der Waals surface area contributed by atoms with Crippen molar-refractivity contribution in [1.82, 2.24) is 0 Å². The second-order valence-electron chi connectivity index (χ2n) is 3.04. The summed E-state index contributed by atoms with van der Waals surface area (Å²) in [6.07, 6.45) is 0. The molecular weight excluding hydrogens is 296 g/mol. The summed E-state index contributed by atoms with van der Waals surface area (Å²) in [7, 11) is 1.70. The van der Waals surface area contributed by atoms with Crippen LogP contribution in [0.25, 0.3) is 0 Å². The fraction of sp³-hybridized carbons (Fsp3) is 0.400. The highest BCUT2D eigenvalue weighted by molar-refractivity contribution is 9.13. The van der Waals surface area contributed by atoms with Crippen LogP contribution < -0.4 is 4.74 Å². The van der Waals surface area contributed by atoms with E-state index < -0.39 is 0 Å². The van der Waals surface area contributed by atoms with E-state index >= 15 is 0 Å². The lowest BCUT2D eigenvalue weighted by Crippen LogP contribution is -1.96. The van der Waals surface area contributed by atoms with Gasteiger partial charge >= 0.3 is 0 Å². The molecule has 0 N–H and O–H groups in total. The second kappa shape index (κ2) is 4.01. The standard InChI is InChI=1S/C10H12Br2O/c1-5-6(2)10(13-4)7(3)9(12)8(5)11/h1-4H3. The zero-order chi connectivity index (χ0) is 10.2. The molecule has 1 aromatic carbocycles. The third kappa shape index (κ3) is 1.77. The molecule has 0 saturated heterocycles. The highest BCUT2D eigenvalue weighted by Crippen LogP contribution is 2.38. The first-order valence-electron chi connectivity index (χ1n) is 3.99. The van der Waals surface area contributed by atoms with Crippen molar-refractivity contribution in [3.8, 4) is 5.75 Å². The number of methoxy groups -OCH3 is 1. The van der Waals surface area contributed by atoms with E-state index in [4.69, 9.17) is 4.74 Å². The van der Waals surface area contributed by atoms with Gasteiger partial charge in [-0.05, 0) is 63.8 Å². The van der Waals surface area contributed by atoms with Crippen molar-refractivity contribution in [2.24, 2.45) is 0 Å². The van der Waals surface area contributed by atoms with Gasteiger partial charge in [0.05, 0.1) is 7.11 Å². The molecule has 0 atom stereocenters. The molecular formula is C10H12Br2O. The molecule has 13 heavy (non-hydrogen) atoms. The molecule has 0 saturated carbocycles. The van der Waals surface area contributed by atoms with Crippen molar-refractivity contribution in [1.29, 1.82) is 0 Å². The summed E-state index contributed by atoms with van der Waals surface area (Å²) < 4.78 is 7.53. The van der Waals surface area contributed by atoms with Gasteiger partial charge < -0.3 is 4.74 Å². The Hall–Kier alpha value is -0.0200. The molecule has 1 nitrogen and oxygen atoms in total. The highest BCUT2D eigenvalue weighted by atomic mass is 79.9. The Morgan fingerprint density at radius 2 is 1.31 bits per heavy atom. The van der Waals surface area contributed by atoms with Gasteiger partial charge in [-0.2, -0.15) is 0 Å². The minimum Gasteiger partial charge on any atom is -0.496 e. The Bertz CT molecular complexity index is 316. The molecule has 0 radical (unpaired) electrons. The summed E-state index contributed by atoms with van der Waals surface area (Å²) >= 11 is 7.07. The van der Waals surface area contributed by atoms with Crippen LogP contribution in [-0.2, 0) is 0 Å². The van der Waals surface area contributed by atoms with Gasteiger partial charge in [0.2, 0.25) is 0 Å². The average molecular weight is 308 g/mol. The number of ether oxygens (including phenoxy) is 1. The van der Waals surface area contributed by atoms with E-state index in [1.165, 1.54) is 11.1 Å². The van der Waals surface area contributed by atoms with Crippen molar-refractivity contribution in [2.45, 2.75) is 20.8 Å². The summed E-state index contributed by atoms with van der Waals surface area (Å²) in [5.41, 5.74) is 3.54. The molecule has 1 rings (SSSR count). The number of hydrogen-bond acceptors (Lipinski definition) is 1. The largest absolute Gasteiger partial charge is 0.496 e. The van der Waals surface area contributed by atoms with E-state index in [9.17, 15) is 0 Å². The van der Waals surface area contributed by atoms with Crippen LogP contribution in [0, 0.1) is 20.8 Å². The molecule has 0 spiro atoms. The number of hydrogen-bond donors (Lipinski definition) is 0. The predicted octanol–water partition coefficient (Wildman–Crippen LogP) is 4.15. The van der Waals surface area contributed by atoms with Gasteiger partial charge in [0, 0.05) is 14.5 Å². The highest BCUT2D eigenvalue weighted by Gasteiger charge is 2.13. The third-order valence-corrected chi connectivity index (χ3v) is 4.81. The van der Waals surface area contributed by atoms with Crippen LogP contribution in [0.5, 0.6) is 5.75 Å². The van der Waals surface area contributed by atoms with E-state index in [1.807, 2.05) is 6.92 Å². The van der Waals surface area contributed by atoms with Gasteiger partial charge in [0.1, 0.15) is 5.75 Å². The molecule has 3 heteroatoms. The first-order chi connectivity index (χ1) is 6.00. The lowest BCUT2D eigenvalue weighted by Gasteiger charge is -2.14. The van der Waals surface area contributed by atoms with Crippen LogP contribution in [0.15, 0.2) is 8.95 Å². The Balaban J connectivity index is 3.56. The SMILES string of the molecule is COc1c(C)c(C)c(Br)c(Br)c1C. The van der Waals surface area contributed by atoms with Gasteiger partial charge in [-0.3, -0.25) is 0 Å². The Morgan fingerprint density at radius 3 is 1.77 bits per heavy atom. The first-order valence-corrected chi connectivity index (χ1v) is 5.58. The maximum atomic E-state index is 5.34. The van der Waals surface area contributed by atoms with Crippen LogP contribution in [0.3, 0.4) is 0 Å². The fourth-order valence-corrected chi connectivity index (χ4v) is 2.42. The summed E-state index contributed by atoms with van der Waals surface area (Å²) in [5.74, 6) is 0.965. The second-order valence-corrected chi connectivity index (χ2v) is 4.62. The zero-order valence-electron chi connectivity index (χ0n) is 8.16. The van der Waals surface area contributed by atoms with Gasteiger partial charge in [-0.1, -0.05) is 0 Å². The van der Waals surface area contributed by atoms with Crippen LogP contribution in [-0.4, -0.2) is 7.11 Å². The minimum absolute atomic E-state index is 0.965. The lowest BCUT2D eigenvalue weighted by molar-refractivity contribution is 0.407. The molecule has 0 aliphatic rings. The van der Waals surface area contributed by atoms with E-state index in [0.717, 1.165) is 20.3 Å². The smallest absolute Gasteiger partial charge is 0.126 e. The summed E-state index contributed by atoms with van der Waals surface area (Å²) in [4.78, 5) is 0. The minimum atomic E-state index is 0.965. The summed E-state index contributed by atoms with van der Waals surface area (Å²) in [5, 5.41) is 0. The fourth-order valence-electron chi connectivity index (χ4n) is 1.35. The summed E-state index contributed by atoms with van der Waals surface area (Å²) in [6.45, 7) is 6.19. The quantitative estimate of drug-likeness (QED) is 0.757. The van der Waals surface area contributed by atoms with E-state index in [1.54, 1.807) is 7.11 Å². The Kier molecular flexibility index (Phi) is 3.41. The van der Waals surface area contributed by atoms with Crippen LogP contribution in [0.1, 0.15) is 16.7 Å². The van der Waals surface area contributed by atoms with Crippen LogP contribution in [0.4, 0.5) is 0 Å². The molecule has 0 unspecified atom stereocenters. The van der Waals surface area contributed by atoms with Crippen LogP contribution >= 0.6 is 31.9 Å². The number of rotatable bonds is 1. The molecule has 0 fully saturated rings. The number of halogens is 2. The Morgan fingerprint density at radius 1 is 0.846 bits per heavy atom. The maximum Gasteiger partial charge on any atom is 0.126 e. The first kappa shape index (κ1) is 11.1. The van der Waals surface area contributed by atoms with E-state index in [0.29, 0.717) is 0 Å². The molecule has 1 aromatic rings. The predicted molar refractivity (Wildman–Crippen MR) is 62.6 cm³/mol. The molecule has 0 aromatic heterocycles. The molecule has 0 heterocycles. The van der Waals surface area contributed by atoms with Crippen molar-refractivity contribution < 1.29 is 4.74 Å². The van der Waals surface area contributed by atoms with Gasteiger partial charge in [0.15, 0.2) is 0 Å². The monoisotopic (exact) mass is 306 g/mol.